The standard InChI is InChI=1S/C31H37ClN2O5/c1-21-28(35)33(2)15-6-4-3-5-7-16-34-19-30(14-8-9-22-17-24(32)11-12-25(22)30)20-39-27-13-10-23(18-26(27)34)31(21,38)29(36)37/h4,6,10-13,17-18,21,38H,3,5,7-9,14-16,19-20H2,1-2H3,(H,36,37)/b6-4+/t21-,30-,31+/m0/s1. The van der Waals surface area contributed by atoms with Gasteiger partial charge in [-0.2, -0.15) is 0 Å². The first-order chi connectivity index (χ1) is 18.7. The van der Waals surface area contributed by atoms with Gasteiger partial charge in [0.05, 0.1) is 18.2 Å². The van der Waals surface area contributed by atoms with Crippen LogP contribution in [0.15, 0.2) is 48.6 Å². The number of halogens is 1. The van der Waals surface area contributed by atoms with Crippen LogP contribution in [0.25, 0.3) is 0 Å². The second kappa shape index (κ2) is 10.9. The van der Waals surface area contributed by atoms with Crippen molar-refractivity contribution >= 4 is 29.2 Å². The van der Waals surface area contributed by atoms with E-state index in [1.54, 1.807) is 25.2 Å². The zero-order chi connectivity index (χ0) is 27.8. The van der Waals surface area contributed by atoms with Gasteiger partial charge in [0.2, 0.25) is 5.91 Å². The summed E-state index contributed by atoms with van der Waals surface area (Å²) >= 11 is 6.35. The van der Waals surface area contributed by atoms with Crippen LogP contribution in [-0.4, -0.2) is 60.3 Å². The Kier molecular flexibility index (Phi) is 7.66. The predicted octanol–water partition coefficient (Wildman–Crippen LogP) is 4.92. The highest BCUT2D eigenvalue weighted by Crippen LogP contribution is 2.46. The van der Waals surface area contributed by atoms with Gasteiger partial charge in [-0.25, -0.2) is 4.79 Å². The van der Waals surface area contributed by atoms with Crippen molar-refractivity contribution in [2.24, 2.45) is 5.92 Å². The van der Waals surface area contributed by atoms with Crippen LogP contribution in [-0.2, 0) is 27.0 Å². The third-order valence-electron chi connectivity index (χ3n) is 8.77. The fourth-order valence-corrected chi connectivity index (χ4v) is 6.66. The van der Waals surface area contributed by atoms with Crippen LogP contribution in [0.1, 0.15) is 55.7 Å². The molecule has 1 amide bonds. The molecular weight excluding hydrogens is 516 g/mol. The fraction of sp³-hybridized carbons (Fsp3) is 0.484. The number of amides is 1. The van der Waals surface area contributed by atoms with Crippen LogP contribution in [0.3, 0.4) is 0 Å². The summed E-state index contributed by atoms with van der Waals surface area (Å²) in [5.41, 5.74) is 0.805. The SMILES string of the molecule is C[C@H]1C(=O)N(C)C/C=C/CCCCN2C[C@@]3(CCCc4cc(Cl)ccc43)COc3ccc(cc32)[C@@]1(O)C(=O)O. The van der Waals surface area contributed by atoms with Crippen molar-refractivity contribution in [2.45, 2.75) is 56.5 Å². The minimum absolute atomic E-state index is 0.175. The molecule has 2 aromatic rings. The van der Waals surface area contributed by atoms with E-state index in [0.717, 1.165) is 55.8 Å². The lowest BCUT2D eigenvalue weighted by molar-refractivity contribution is -0.172. The number of fused-ring (bicyclic) bond motifs is 3. The first-order valence-corrected chi connectivity index (χ1v) is 14.2. The van der Waals surface area contributed by atoms with Crippen molar-refractivity contribution in [1.29, 1.82) is 0 Å². The predicted molar refractivity (Wildman–Crippen MR) is 152 cm³/mol. The highest BCUT2D eigenvalue weighted by Gasteiger charge is 2.49. The van der Waals surface area contributed by atoms with Crippen LogP contribution in [0.2, 0.25) is 5.02 Å². The average molecular weight is 553 g/mol. The maximum absolute atomic E-state index is 13.2. The van der Waals surface area contributed by atoms with Crippen molar-refractivity contribution in [3.63, 3.8) is 0 Å². The quantitative estimate of drug-likeness (QED) is 0.488. The van der Waals surface area contributed by atoms with E-state index < -0.39 is 23.4 Å². The number of likely N-dealkylation sites (N-methyl/N-ethyl adjacent to an activating group) is 1. The van der Waals surface area contributed by atoms with Gasteiger partial charge < -0.3 is 24.7 Å². The maximum Gasteiger partial charge on any atom is 0.341 e. The van der Waals surface area contributed by atoms with E-state index in [4.69, 9.17) is 16.3 Å². The second-order valence-corrected chi connectivity index (χ2v) is 11.7. The van der Waals surface area contributed by atoms with Gasteiger partial charge in [0.25, 0.3) is 0 Å². The van der Waals surface area contributed by atoms with E-state index in [1.165, 1.54) is 23.0 Å². The largest absolute Gasteiger partial charge is 0.490 e. The molecule has 2 bridgehead atoms. The summed E-state index contributed by atoms with van der Waals surface area (Å²) in [6.45, 7) is 3.80. The number of benzene rings is 2. The number of carboxylic acid groups (broad SMARTS) is 1. The molecule has 0 saturated heterocycles. The number of aryl methyl sites for hydroxylation is 1. The smallest absolute Gasteiger partial charge is 0.341 e. The maximum atomic E-state index is 13.2. The molecule has 7 nitrogen and oxygen atoms in total. The number of hydrogen-bond acceptors (Lipinski definition) is 5. The molecule has 208 valence electrons. The van der Waals surface area contributed by atoms with Gasteiger partial charge in [0.1, 0.15) is 5.75 Å². The molecule has 2 N–H and O–H groups in total. The van der Waals surface area contributed by atoms with E-state index >= 15 is 0 Å². The van der Waals surface area contributed by atoms with Gasteiger partial charge >= 0.3 is 5.97 Å². The van der Waals surface area contributed by atoms with E-state index in [9.17, 15) is 19.8 Å². The number of ether oxygens (including phenoxy) is 1. The molecule has 0 saturated carbocycles. The zero-order valence-electron chi connectivity index (χ0n) is 22.7. The Bertz CT molecular complexity index is 1300. The minimum Gasteiger partial charge on any atom is -0.490 e. The number of aliphatic carboxylic acids is 1. The summed E-state index contributed by atoms with van der Waals surface area (Å²) in [4.78, 5) is 29.5. The van der Waals surface area contributed by atoms with E-state index in [-0.39, 0.29) is 11.0 Å². The molecule has 1 aliphatic carbocycles. The molecule has 39 heavy (non-hydrogen) atoms. The van der Waals surface area contributed by atoms with Crippen LogP contribution < -0.4 is 9.64 Å². The lowest BCUT2D eigenvalue weighted by atomic mass is 9.70. The van der Waals surface area contributed by atoms with Crippen molar-refractivity contribution in [2.75, 3.05) is 38.2 Å². The van der Waals surface area contributed by atoms with Gasteiger partial charge in [-0.3, -0.25) is 4.79 Å². The first-order valence-electron chi connectivity index (χ1n) is 13.8. The molecule has 8 heteroatoms. The summed E-state index contributed by atoms with van der Waals surface area (Å²) in [5.74, 6) is -2.42. The van der Waals surface area contributed by atoms with Crippen LogP contribution in [0, 0.1) is 5.92 Å². The Morgan fingerprint density at radius 3 is 2.74 bits per heavy atom. The molecule has 2 aromatic carbocycles. The number of nitrogens with zero attached hydrogens (tertiary/aromatic N) is 2. The van der Waals surface area contributed by atoms with Crippen molar-refractivity contribution in [3.8, 4) is 5.75 Å². The number of rotatable bonds is 1. The van der Waals surface area contributed by atoms with Crippen LogP contribution >= 0.6 is 11.6 Å². The Balaban J connectivity index is 1.61. The third kappa shape index (κ3) is 5.03. The summed E-state index contributed by atoms with van der Waals surface area (Å²) in [6, 6.07) is 11.2. The number of carbonyl (C=O) groups excluding carboxylic acids is 1. The second-order valence-electron chi connectivity index (χ2n) is 11.3. The van der Waals surface area contributed by atoms with Gasteiger partial charge in [-0.1, -0.05) is 35.9 Å². The van der Waals surface area contributed by atoms with Gasteiger partial charge in [0, 0.05) is 37.1 Å². The average Bonchev–Trinajstić information content (AvgIpc) is 3.07. The van der Waals surface area contributed by atoms with Gasteiger partial charge in [-0.05, 0) is 86.4 Å². The highest BCUT2D eigenvalue weighted by atomic mass is 35.5. The lowest BCUT2D eigenvalue weighted by Crippen LogP contribution is -2.49. The number of aliphatic hydroxyl groups is 1. The Hall–Kier alpha value is -3.03. The Labute approximate surface area is 235 Å². The molecule has 2 aliphatic heterocycles. The Morgan fingerprint density at radius 1 is 1.13 bits per heavy atom. The third-order valence-corrected chi connectivity index (χ3v) is 9.01. The van der Waals surface area contributed by atoms with Crippen molar-refractivity contribution in [1.82, 2.24) is 4.90 Å². The molecule has 3 atom stereocenters. The van der Waals surface area contributed by atoms with Gasteiger partial charge in [-0.15, -0.1) is 0 Å². The lowest BCUT2D eigenvalue weighted by Gasteiger charge is -2.41. The molecule has 0 radical (unpaired) electrons. The van der Waals surface area contributed by atoms with Crippen LogP contribution in [0.5, 0.6) is 5.75 Å². The summed E-state index contributed by atoms with van der Waals surface area (Å²) in [5, 5.41) is 22.6. The Morgan fingerprint density at radius 2 is 1.95 bits per heavy atom. The number of carboxylic acids is 1. The van der Waals surface area contributed by atoms with E-state index in [0.29, 0.717) is 25.4 Å². The van der Waals surface area contributed by atoms with Crippen molar-refractivity contribution in [3.05, 3.63) is 70.3 Å². The molecule has 5 rings (SSSR count). The molecule has 0 fully saturated rings. The van der Waals surface area contributed by atoms with E-state index in [2.05, 4.69) is 23.1 Å². The normalized spacial score (nSPS) is 28.5. The molecular formula is C31H37ClN2O5. The molecule has 0 unspecified atom stereocenters. The highest BCUT2D eigenvalue weighted by molar-refractivity contribution is 6.30. The molecule has 3 aliphatic rings. The van der Waals surface area contributed by atoms with Crippen molar-refractivity contribution < 1.29 is 24.5 Å². The topological polar surface area (TPSA) is 90.3 Å². The number of anilines is 1. The number of carbonyl (C=O) groups is 2. The summed E-state index contributed by atoms with van der Waals surface area (Å²) in [7, 11) is 1.63. The molecule has 2 heterocycles. The monoisotopic (exact) mass is 552 g/mol. The number of hydrogen-bond donors (Lipinski definition) is 2. The fourth-order valence-electron chi connectivity index (χ4n) is 6.46. The number of allylic oxidation sites excluding steroid dienone is 1. The first kappa shape index (κ1) is 27.5. The zero-order valence-corrected chi connectivity index (χ0v) is 23.4. The van der Waals surface area contributed by atoms with E-state index in [1.807, 2.05) is 12.1 Å². The molecule has 1 spiro atoms. The molecule has 0 aromatic heterocycles. The summed E-state index contributed by atoms with van der Waals surface area (Å²) in [6.07, 6.45) is 9.79. The van der Waals surface area contributed by atoms with Gasteiger partial charge in [0.15, 0.2) is 5.60 Å². The van der Waals surface area contributed by atoms with Crippen LogP contribution in [0.4, 0.5) is 5.69 Å². The summed E-state index contributed by atoms with van der Waals surface area (Å²) < 4.78 is 6.48. The minimum atomic E-state index is -2.39.